The summed E-state index contributed by atoms with van der Waals surface area (Å²) in [4.78, 5) is 36.8. The number of ether oxygens (including phenoxy) is 3. The van der Waals surface area contributed by atoms with Crippen LogP contribution in [0.1, 0.15) is 33.6 Å². The lowest BCUT2D eigenvalue weighted by Crippen LogP contribution is -2.44. The van der Waals surface area contributed by atoms with Crippen LogP contribution in [0.3, 0.4) is 0 Å². The van der Waals surface area contributed by atoms with E-state index in [0.29, 0.717) is 6.42 Å². The molecule has 126 valence electrons. The number of rotatable bonds is 4. The third-order valence-electron chi connectivity index (χ3n) is 3.17. The number of methoxy groups -OCH3 is 1. The highest BCUT2D eigenvalue weighted by Crippen LogP contribution is 2.28. The Morgan fingerprint density at radius 1 is 1.27 bits per heavy atom. The molecule has 0 aromatic rings. The lowest BCUT2D eigenvalue weighted by Gasteiger charge is -2.27. The standard InChI is InChI=1S/C14H22ClNO6/c1-14(2,3)22-13(19)16-7-9(6-11(17)20-4)5-10(16)12(18)21-8-15/h9-10H,5-8H2,1-4H3. The molecule has 2 atom stereocenters. The molecule has 1 saturated heterocycles. The fraction of sp³-hybridized carbons (Fsp3) is 0.786. The van der Waals surface area contributed by atoms with Crippen molar-refractivity contribution in [2.45, 2.75) is 45.3 Å². The third-order valence-corrected chi connectivity index (χ3v) is 3.28. The number of halogens is 1. The summed E-state index contributed by atoms with van der Waals surface area (Å²) in [5, 5.41) is 0. The van der Waals surface area contributed by atoms with E-state index < -0.39 is 23.7 Å². The van der Waals surface area contributed by atoms with Gasteiger partial charge in [0.25, 0.3) is 0 Å². The van der Waals surface area contributed by atoms with E-state index in [0.717, 1.165) is 0 Å². The van der Waals surface area contributed by atoms with Crippen LogP contribution in [-0.2, 0) is 23.8 Å². The molecule has 8 heteroatoms. The molecule has 0 aromatic carbocycles. The average Bonchev–Trinajstić information content (AvgIpc) is 2.81. The number of carbonyl (C=O) groups excluding carboxylic acids is 3. The van der Waals surface area contributed by atoms with Gasteiger partial charge >= 0.3 is 18.0 Å². The molecule has 1 fully saturated rings. The van der Waals surface area contributed by atoms with Crippen molar-refractivity contribution >= 4 is 29.6 Å². The molecule has 1 heterocycles. The highest BCUT2D eigenvalue weighted by molar-refractivity contribution is 6.17. The van der Waals surface area contributed by atoms with E-state index in [2.05, 4.69) is 4.74 Å². The Morgan fingerprint density at radius 2 is 1.91 bits per heavy atom. The fourth-order valence-electron chi connectivity index (χ4n) is 2.29. The van der Waals surface area contributed by atoms with Crippen LogP contribution in [0, 0.1) is 5.92 Å². The van der Waals surface area contributed by atoms with E-state index in [-0.39, 0.29) is 30.9 Å². The molecule has 1 aliphatic rings. The highest BCUT2D eigenvalue weighted by Gasteiger charge is 2.43. The first kappa shape index (κ1) is 18.5. The molecule has 0 aromatic heterocycles. The van der Waals surface area contributed by atoms with E-state index >= 15 is 0 Å². The molecular formula is C14H22ClNO6. The van der Waals surface area contributed by atoms with Gasteiger partial charge in [0, 0.05) is 6.54 Å². The number of esters is 2. The lowest BCUT2D eigenvalue weighted by molar-refractivity contribution is -0.147. The summed E-state index contributed by atoms with van der Waals surface area (Å²) in [6.45, 7) is 5.43. The van der Waals surface area contributed by atoms with Crippen LogP contribution in [0.2, 0.25) is 0 Å². The lowest BCUT2D eigenvalue weighted by atomic mass is 10.0. The van der Waals surface area contributed by atoms with Gasteiger partial charge in [0.05, 0.1) is 13.5 Å². The fourth-order valence-corrected chi connectivity index (χ4v) is 2.39. The van der Waals surface area contributed by atoms with Crippen molar-refractivity contribution in [3.8, 4) is 0 Å². The van der Waals surface area contributed by atoms with Gasteiger partial charge in [0.2, 0.25) is 0 Å². The molecule has 0 radical (unpaired) electrons. The van der Waals surface area contributed by atoms with E-state index in [1.165, 1.54) is 12.0 Å². The van der Waals surface area contributed by atoms with Crippen molar-refractivity contribution in [1.82, 2.24) is 4.90 Å². The van der Waals surface area contributed by atoms with E-state index in [1.54, 1.807) is 20.8 Å². The number of alkyl halides is 1. The second kappa shape index (κ2) is 7.67. The van der Waals surface area contributed by atoms with Crippen molar-refractivity contribution in [2.24, 2.45) is 5.92 Å². The summed E-state index contributed by atoms with van der Waals surface area (Å²) in [6, 6.07) is -1.10. The predicted octanol–water partition coefficient (Wildman–Crippen LogP) is 1.91. The second-order valence-electron chi connectivity index (χ2n) is 6.10. The molecule has 7 nitrogen and oxygen atoms in total. The predicted molar refractivity (Wildman–Crippen MR) is 78.3 cm³/mol. The number of hydrogen-bond acceptors (Lipinski definition) is 6. The van der Waals surface area contributed by atoms with Gasteiger partial charge in [-0.05, 0) is 33.1 Å². The van der Waals surface area contributed by atoms with Crippen LogP contribution in [0.5, 0.6) is 0 Å². The van der Waals surface area contributed by atoms with Gasteiger partial charge in [-0.2, -0.15) is 0 Å². The first-order valence-electron chi connectivity index (χ1n) is 6.97. The van der Waals surface area contributed by atoms with Crippen molar-refractivity contribution in [2.75, 3.05) is 19.7 Å². The Bertz CT molecular complexity index is 434. The van der Waals surface area contributed by atoms with Crippen LogP contribution in [0.4, 0.5) is 4.79 Å². The van der Waals surface area contributed by atoms with Gasteiger partial charge in [-0.15, -0.1) is 0 Å². The Morgan fingerprint density at radius 3 is 2.41 bits per heavy atom. The minimum atomic E-state index is -0.803. The molecule has 0 N–H and O–H groups in total. The number of hydrogen-bond donors (Lipinski definition) is 0. The van der Waals surface area contributed by atoms with Crippen molar-refractivity contribution in [1.29, 1.82) is 0 Å². The van der Waals surface area contributed by atoms with Gasteiger partial charge in [0.1, 0.15) is 11.6 Å². The molecule has 22 heavy (non-hydrogen) atoms. The smallest absolute Gasteiger partial charge is 0.411 e. The molecule has 0 saturated carbocycles. The van der Waals surface area contributed by atoms with E-state index in [4.69, 9.17) is 21.1 Å². The summed E-state index contributed by atoms with van der Waals surface area (Å²) in [5.41, 5.74) is -0.682. The highest BCUT2D eigenvalue weighted by atomic mass is 35.5. The minimum Gasteiger partial charge on any atom is -0.469 e. The maximum absolute atomic E-state index is 12.2. The van der Waals surface area contributed by atoms with Crippen LogP contribution >= 0.6 is 11.6 Å². The summed E-state index contributed by atoms with van der Waals surface area (Å²) >= 11 is 5.40. The summed E-state index contributed by atoms with van der Waals surface area (Å²) in [6.07, 6.45) is -0.179. The topological polar surface area (TPSA) is 82.1 Å². The number of nitrogens with zero attached hydrogens (tertiary/aromatic N) is 1. The average molecular weight is 336 g/mol. The monoisotopic (exact) mass is 335 g/mol. The summed E-state index contributed by atoms with van der Waals surface area (Å²) in [7, 11) is 1.29. The SMILES string of the molecule is COC(=O)CC1CC(C(=O)OCCl)N(C(=O)OC(C)(C)C)C1. The van der Waals surface area contributed by atoms with Crippen molar-refractivity contribution < 1.29 is 28.6 Å². The minimum absolute atomic E-state index is 0.125. The zero-order chi connectivity index (χ0) is 16.9. The molecule has 1 amide bonds. The Labute approximate surface area is 134 Å². The van der Waals surface area contributed by atoms with Gasteiger partial charge in [0.15, 0.2) is 6.07 Å². The maximum Gasteiger partial charge on any atom is 0.411 e. The van der Waals surface area contributed by atoms with Gasteiger partial charge in [-0.3, -0.25) is 9.69 Å². The van der Waals surface area contributed by atoms with Crippen molar-refractivity contribution in [3.63, 3.8) is 0 Å². The maximum atomic E-state index is 12.2. The molecule has 1 aliphatic heterocycles. The third kappa shape index (κ3) is 5.36. The van der Waals surface area contributed by atoms with Crippen LogP contribution in [-0.4, -0.2) is 54.3 Å². The molecule has 0 aliphatic carbocycles. The van der Waals surface area contributed by atoms with Crippen molar-refractivity contribution in [3.05, 3.63) is 0 Å². The molecule has 1 rings (SSSR count). The van der Waals surface area contributed by atoms with Crippen LogP contribution < -0.4 is 0 Å². The number of carbonyl (C=O) groups is 3. The quantitative estimate of drug-likeness (QED) is 0.443. The van der Waals surface area contributed by atoms with Gasteiger partial charge in [-0.25, -0.2) is 9.59 Å². The zero-order valence-electron chi connectivity index (χ0n) is 13.3. The molecule has 0 spiro atoms. The first-order valence-corrected chi connectivity index (χ1v) is 7.50. The summed E-state index contributed by atoms with van der Waals surface area (Å²) in [5.74, 6) is -1.18. The van der Waals surface area contributed by atoms with Crippen LogP contribution in [0.15, 0.2) is 0 Å². The van der Waals surface area contributed by atoms with Crippen LogP contribution in [0.25, 0.3) is 0 Å². The largest absolute Gasteiger partial charge is 0.469 e. The first-order chi connectivity index (χ1) is 10.2. The van der Waals surface area contributed by atoms with E-state index in [9.17, 15) is 14.4 Å². The second-order valence-corrected chi connectivity index (χ2v) is 6.32. The Kier molecular flexibility index (Phi) is 6.47. The summed E-state index contributed by atoms with van der Waals surface area (Å²) < 4.78 is 14.7. The van der Waals surface area contributed by atoms with Gasteiger partial charge < -0.3 is 14.2 Å². The van der Waals surface area contributed by atoms with E-state index in [1.807, 2.05) is 0 Å². The number of amides is 1. The Hall–Kier alpha value is -1.50. The molecule has 2 unspecified atom stereocenters. The molecule has 0 bridgehead atoms. The normalized spacial score (nSPS) is 21.4. The Balaban J connectivity index is 2.82. The zero-order valence-corrected chi connectivity index (χ0v) is 14.0. The number of likely N-dealkylation sites (tertiary alicyclic amines) is 1. The molecular weight excluding hydrogens is 314 g/mol. The van der Waals surface area contributed by atoms with Gasteiger partial charge in [-0.1, -0.05) is 11.6 Å².